The zero-order valence-corrected chi connectivity index (χ0v) is 17.6. The molecular formula is C23H25ClN4O2. The van der Waals surface area contributed by atoms with Gasteiger partial charge in [-0.1, -0.05) is 30.7 Å². The number of nitrogens with zero attached hydrogens (tertiary/aromatic N) is 3. The average Bonchev–Trinajstić information content (AvgIpc) is 3.14. The van der Waals surface area contributed by atoms with E-state index in [-0.39, 0.29) is 23.7 Å². The van der Waals surface area contributed by atoms with Gasteiger partial charge in [0.15, 0.2) is 0 Å². The van der Waals surface area contributed by atoms with Gasteiger partial charge in [-0.2, -0.15) is 0 Å². The van der Waals surface area contributed by atoms with Crippen molar-refractivity contribution in [3.63, 3.8) is 0 Å². The Labute approximate surface area is 180 Å². The number of pyridine rings is 1. The number of halogens is 1. The van der Waals surface area contributed by atoms with Crippen molar-refractivity contribution in [3.05, 3.63) is 75.8 Å². The van der Waals surface area contributed by atoms with Gasteiger partial charge >= 0.3 is 0 Å². The lowest BCUT2D eigenvalue weighted by atomic mass is 10.0. The fourth-order valence-electron chi connectivity index (χ4n) is 4.07. The van der Waals surface area contributed by atoms with Gasteiger partial charge in [0.1, 0.15) is 0 Å². The van der Waals surface area contributed by atoms with E-state index in [0.717, 1.165) is 30.4 Å². The number of aromatic nitrogens is 3. The maximum Gasteiger partial charge on any atom is 0.251 e. The van der Waals surface area contributed by atoms with Crippen LogP contribution in [0.4, 0.5) is 5.95 Å². The number of anilines is 1. The maximum absolute atomic E-state index is 12.9. The van der Waals surface area contributed by atoms with Gasteiger partial charge in [-0.3, -0.25) is 4.79 Å². The van der Waals surface area contributed by atoms with Crippen LogP contribution in [0.5, 0.6) is 0 Å². The van der Waals surface area contributed by atoms with E-state index >= 15 is 0 Å². The molecule has 3 atom stereocenters. The van der Waals surface area contributed by atoms with Crippen molar-refractivity contribution >= 4 is 17.5 Å². The largest absolute Gasteiger partial charge is 0.393 e. The Bertz CT molecular complexity index is 1080. The SMILES string of the molecule is CCC(c1cccc(Cl)c1)n1ccc(-c2ccnc(NC3CCC(O)C3)n2)cc1=O. The van der Waals surface area contributed by atoms with Crippen molar-refractivity contribution in [2.24, 2.45) is 0 Å². The van der Waals surface area contributed by atoms with E-state index in [2.05, 4.69) is 15.3 Å². The molecule has 1 saturated carbocycles. The van der Waals surface area contributed by atoms with E-state index in [1.165, 1.54) is 0 Å². The number of hydrogen-bond acceptors (Lipinski definition) is 5. The summed E-state index contributed by atoms with van der Waals surface area (Å²) < 4.78 is 1.73. The van der Waals surface area contributed by atoms with Crippen molar-refractivity contribution in [1.82, 2.24) is 14.5 Å². The van der Waals surface area contributed by atoms with Crippen molar-refractivity contribution in [3.8, 4) is 11.3 Å². The van der Waals surface area contributed by atoms with Crippen molar-refractivity contribution < 1.29 is 5.11 Å². The maximum atomic E-state index is 12.9. The highest BCUT2D eigenvalue weighted by atomic mass is 35.5. The quantitative estimate of drug-likeness (QED) is 0.617. The molecule has 6 nitrogen and oxygen atoms in total. The molecule has 1 fully saturated rings. The van der Waals surface area contributed by atoms with E-state index in [0.29, 0.717) is 23.1 Å². The summed E-state index contributed by atoms with van der Waals surface area (Å²) in [5.74, 6) is 0.515. The van der Waals surface area contributed by atoms with Crippen molar-refractivity contribution in [2.45, 2.75) is 50.8 Å². The molecule has 0 saturated heterocycles. The highest BCUT2D eigenvalue weighted by molar-refractivity contribution is 6.30. The van der Waals surface area contributed by atoms with E-state index < -0.39 is 0 Å². The lowest BCUT2D eigenvalue weighted by molar-refractivity contribution is 0.182. The van der Waals surface area contributed by atoms with Crippen LogP contribution in [0.25, 0.3) is 11.3 Å². The molecule has 3 aromatic rings. The molecule has 1 aliphatic rings. The second-order valence-corrected chi connectivity index (χ2v) is 8.15. The summed E-state index contributed by atoms with van der Waals surface area (Å²) in [6, 6.07) is 13.0. The molecule has 2 aromatic heterocycles. The van der Waals surface area contributed by atoms with Crippen LogP contribution in [0.2, 0.25) is 5.02 Å². The summed E-state index contributed by atoms with van der Waals surface area (Å²) >= 11 is 6.14. The average molecular weight is 425 g/mol. The molecule has 7 heteroatoms. The third-order valence-corrected chi connectivity index (χ3v) is 5.83. The molecule has 0 amide bonds. The molecule has 1 aliphatic carbocycles. The molecule has 30 heavy (non-hydrogen) atoms. The van der Waals surface area contributed by atoms with Crippen molar-refractivity contribution in [1.29, 1.82) is 0 Å². The zero-order valence-electron chi connectivity index (χ0n) is 16.8. The number of aliphatic hydroxyl groups is 1. The Morgan fingerprint density at radius 3 is 2.83 bits per heavy atom. The van der Waals surface area contributed by atoms with Crippen LogP contribution < -0.4 is 10.9 Å². The highest BCUT2D eigenvalue weighted by Crippen LogP contribution is 2.25. The van der Waals surface area contributed by atoms with Gasteiger partial charge in [-0.25, -0.2) is 9.97 Å². The first kappa shape index (κ1) is 20.6. The number of hydrogen-bond donors (Lipinski definition) is 2. The molecule has 0 bridgehead atoms. The fraction of sp³-hybridized carbons (Fsp3) is 0.348. The van der Waals surface area contributed by atoms with Crippen LogP contribution in [-0.4, -0.2) is 31.8 Å². The summed E-state index contributed by atoms with van der Waals surface area (Å²) in [7, 11) is 0. The minimum absolute atomic E-state index is 0.0818. The summed E-state index contributed by atoms with van der Waals surface area (Å²) in [4.78, 5) is 21.8. The number of benzene rings is 1. The minimum atomic E-state index is -0.260. The normalized spacial score (nSPS) is 19.6. The van der Waals surface area contributed by atoms with Gasteiger partial charge in [-0.05, 0) is 55.5 Å². The second kappa shape index (κ2) is 8.98. The summed E-state index contributed by atoms with van der Waals surface area (Å²) in [6.45, 7) is 2.05. The Morgan fingerprint density at radius 1 is 1.27 bits per heavy atom. The molecule has 2 heterocycles. The first-order valence-electron chi connectivity index (χ1n) is 10.3. The van der Waals surface area contributed by atoms with Gasteiger partial charge < -0.3 is 15.0 Å². The lowest BCUT2D eigenvalue weighted by Crippen LogP contribution is -2.24. The van der Waals surface area contributed by atoms with E-state index in [4.69, 9.17) is 11.6 Å². The minimum Gasteiger partial charge on any atom is -0.393 e. The number of rotatable bonds is 6. The first-order chi connectivity index (χ1) is 14.5. The number of nitrogens with one attached hydrogen (secondary N) is 1. The Hall–Kier alpha value is -2.70. The standard InChI is InChI=1S/C23H25ClN4O2/c1-2-21(16-4-3-5-17(24)12-16)28-11-9-15(13-22(28)30)20-8-10-25-23(27-20)26-18-6-7-19(29)14-18/h3-5,8-13,18-19,21,29H,2,6-7,14H2,1H3,(H,25,26,27). The van der Waals surface area contributed by atoms with Gasteiger partial charge in [0.25, 0.3) is 5.56 Å². The van der Waals surface area contributed by atoms with Crippen LogP contribution in [0.1, 0.15) is 44.2 Å². The Morgan fingerprint density at radius 2 is 2.13 bits per heavy atom. The van der Waals surface area contributed by atoms with E-state index in [1.54, 1.807) is 22.9 Å². The van der Waals surface area contributed by atoms with Gasteiger partial charge in [0.2, 0.25) is 5.95 Å². The Balaban J connectivity index is 1.59. The summed E-state index contributed by atoms with van der Waals surface area (Å²) in [5.41, 5.74) is 2.35. The molecule has 0 radical (unpaired) electrons. The van der Waals surface area contributed by atoms with Crippen molar-refractivity contribution in [2.75, 3.05) is 5.32 Å². The van der Waals surface area contributed by atoms with Gasteiger partial charge in [0, 0.05) is 35.1 Å². The molecular weight excluding hydrogens is 400 g/mol. The fourth-order valence-corrected chi connectivity index (χ4v) is 4.27. The molecule has 4 rings (SSSR count). The van der Waals surface area contributed by atoms with Crippen LogP contribution >= 0.6 is 11.6 Å². The van der Waals surface area contributed by atoms with Crippen LogP contribution in [0, 0.1) is 0 Å². The molecule has 3 unspecified atom stereocenters. The summed E-state index contributed by atoms with van der Waals surface area (Å²) in [6.07, 6.45) is 6.40. The van der Waals surface area contributed by atoms with Crippen LogP contribution in [0.15, 0.2) is 59.7 Å². The molecule has 2 N–H and O–H groups in total. The monoisotopic (exact) mass is 424 g/mol. The molecule has 156 valence electrons. The third-order valence-electron chi connectivity index (χ3n) is 5.59. The smallest absolute Gasteiger partial charge is 0.251 e. The molecule has 0 aliphatic heterocycles. The lowest BCUT2D eigenvalue weighted by Gasteiger charge is -2.19. The summed E-state index contributed by atoms with van der Waals surface area (Å²) in [5, 5.41) is 13.6. The second-order valence-electron chi connectivity index (χ2n) is 7.71. The predicted molar refractivity (Wildman–Crippen MR) is 119 cm³/mol. The predicted octanol–water partition coefficient (Wildman–Crippen LogP) is 4.28. The highest BCUT2D eigenvalue weighted by Gasteiger charge is 2.23. The molecule has 1 aromatic carbocycles. The third kappa shape index (κ3) is 4.55. The number of aliphatic hydroxyl groups excluding tert-OH is 1. The zero-order chi connectivity index (χ0) is 21.1. The van der Waals surface area contributed by atoms with Gasteiger partial charge in [-0.15, -0.1) is 0 Å². The van der Waals surface area contributed by atoms with Crippen LogP contribution in [0.3, 0.4) is 0 Å². The Kier molecular flexibility index (Phi) is 6.16. The van der Waals surface area contributed by atoms with Crippen LogP contribution in [-0.2, 0) is 0 Å². The van der Waals surface area contributed by atoms with E-state index in [1.807, 2.05) is 43.5 Å². The van der Waals surface area contributed by atoms with E-state index in [9.17, 15) is 9.90 Å². The first-order valence-corrected chi connectivity index (χ1v) is 10.7. The molecule has 0 spiro atoms. The van der Waals surface area contributed by atoms with Gasteiger partial charge in [0.05, 0.1) is 17.8 Å². The topological polar surface area (TPSA) is 80.0 Å².